The van der Waals surface area contributed by atoms with Gasteiger partial charge in [0.2, 0.25) is 0 Å². The molecular weight excluding hydrogens is 241 g/mol. The molecule has 0 aliphatic carbocycles. The van der Waals surface area contributed by atoms with E-state index >= 15 is 0 Å². The summed E-state index contributed by atoms with van der Waals surface area (Å²) in [6.45, 7) is 1.69. The zero-order chi connectivity index (χ0) is 13.3. The first-order valence-electron chi connectivity index (χ1n) is 5.24. The third-order valence-electron chi connectivity index (χ3n) is 2.55. The lowest BCUT2D eigenvalue weighted by Crippen LogP contribution is -1.99. The van der Waals surface area contributed by atoms with Crippen LogP contribution in [0.3, 0.4) is 0 Å². The summed E-state index contributed by atoms with van der Waals surface area (Å²) >= 11 is 0. The van der Waals surface area contributed by atoms with Gasteiger partial charge in [-0.1, -0.05) is 0 Å². The Kier molecular flexibility index (Phi) is 3.14. The Morgan fingerprint density at radius 1 is 0.889 bits per heavy atom. The maximum Gasteiger partial charge on any atom is 0.128 e. The molecule has 0 unspecified atom stereocenters. The van der Waals surface area contributed by atoms with Gasteiger partial charge < -0.3 is 11.1 Å². The molecule has 2 aromatic carbocycles. The summed E-state index contributed by atoms with van der Waals surface area (Å²) in [5.41, 5.74) is 7.06. The molecule has 0 saturated heterocycles. The van der Waals surface area contributed by atoms with E-state index in [0.717, 1.165) is 18.2 Å². The van der Waals surface area contributed by atoms with Gasteiger partial charge in [-0.15, -0.1) is 0 Å². The minimum atomic E-state index is -0.709. The number of nitrogen functional groups attached to an aromatic ring is 1. The molecule has 0 aliphatic rings. The standard InChI is InChI=1S/C13H11F3N2/c1-7-12(17)5-10(16)6-13(7)18-11-3-8(14)2-9(15)4-11/h2-6,18H,17H2,1H3. The fourth-order valence-corrected chi connectivity index (χ4v) is 1.61. The van der Waals surface area contributed by atoms with Crippen LogP contribution < -0.4 is 11.1 Å². The van der Waals surface area contributed by atoms with E-state index in [2.05, 4.69) is 5.32 Å². The third kappa shape index (κ3) is 2.56. The molecule has 0 spiro atoms. The Morgan fingerprint density at radius 2 is 1.44 bits per heavy atom. The van der Waals surface area contributed by atoms with Crippen LogP contribution in [-0.2, 0) is 0 Å². The maximum absolute atomic E-state index is 13.2. The highest BCUT2D eigenvalue weighted by atomic mass is 19.1. The van der Waals surface area contributed by atoms with Crippen LogP contribution in [0.1, 0.15) is 5.56 Å². The van der Waals surface area contributed by atoms with Crippen LogP contribution in [0, 0.1) is 24.4 Å². The van der Waals surface area contributed by atoms with Crippen LogP contribution in [0.5, 0.6) is 0 Å². The van der Waals surface area contributed by atoms with Crippen molar-refractivity contribution < 1.29 is 13.2 Å². The van der Waals surface area contributed by atoms with E-state index in [0.29, 0.717) is 11.3 Å². The molecule has 94 valence electrons. The summed E-state index contributed by atoms with van der Waals surface area (Å²) < 4.78 is 39.2. The topological polar surface area (TPSA) is 38.0 Å². The summed E-state index contributed by atoms with van der Waals surface area (Å²) in [6, 6.07) is 5.40. The van der Waals surface area contributed by atoms with Gasteiger partial charge in [-0.25, -0.2) is 13.2 Å². The predicted octanol–water partition coefficient (Wildman–Crippen LogP) is 3.74. The highest BCUT2D eigenvalue weighted by Gasteiger charge is 2.07. The Hall–Kier alpha value is -2.17. The van der Waals surface area contributed by atoms with Crippen molar-refractivity contribution in [3.8, 4) is 0 Å². The van der Waals surface area contributed by atoms with E-state index < -0.39 is 17.5 Å². The summed E-state index contributed by atoms with van der Waals surface area (Å²) in [5, 5.41) is 2.74. The summed E-state index contributed by atoms with van der Waals surface area (Å²) in [6.07, 6.45) is 0. The van der Waals surface area contributed by atoms with Crippen molar-refractivity contribution in [2.24, 2.45) is 0 Å². The number of anilines is 3. The van der Waals surface area contributed by atoms with Crippen molar-refractivity contribution in [1.29, 1.82) is 0 Å². The van der Waals surface area contributed by atoms with Crippen LogP contribution in [0.4, 0.5) is 30.2 Å². The average Bonchev–Trinajstić information content (AvgIpc) is 2.23. The molecule has 0 atom stereocenters. The molecule has 5 heteroatoms. The Morgan fingerprint density at radius 3 is 2.06 bits per heavy atom. The summed E-state index contributed by atoms with van der Waals surface area (Å²) in [7, 11) is 0. The highest BCUT2D eigenvalue weighted by molar-refractivity contribution is 5.69. The molecule has 0 heterocycles. The molecule has 0 aliphatic heterocycles. The smallest absolute Gasteiger partial charge is 0.128 e. The first-order valence-corrected chi connectivity index (χ1v) is 5.24. The molecular formula is C13H11F3N2. The second kappa shape index (κ2) is 4.60. The molecule has 0 saturated carbocycles. The monoisotopic (exact) mass is 252 g/mol. The van der Waals surface area contributed by atoms with Crippen LogP contribution in [0.15, 0.2) is 30.3 Å². The summed E-state index contributed by atoms with van der Waals surface area (Å²) in [4.78, 5) is 0. The number of nitrogens with two attached hydrogens (primary N) is 1. The maximum atomic E-state index is 13.2. The van der Waals surface area contributed by atoms with Crippen LogP contribution in [0.2, 0.25) is 0 Å². The van der Waals surface area contributed by atoms with Crippen molar-refractivity contribution in [3.63, 3.8) is 0 Å². The number of rotatable bonds is 2. The number of benzene rings is 2. The van der Waals surface area contributed by atoms with Gasteiger partial charge in [0.1, 0.15) is 17.5 Å². The Labute approximate surface area is 102 Å². The number of halogens is 3. The minimum Gasteiger partial charge on any atom is -0.398 e. The summed E-state index contributed by atoms with van der Waals surface area (Å²) in [5.74, 6) is -1.93. The zero-order valence-electron chi connectivity index (χ0n) is 9.60. The molecule has 2 nitrogen and oxygen atoms in total. The van der Waals surface area contributed by atoms with Gasteiger partial charge in [0.15, 0.2) is 0 Å². The number of nitrogens with one attached hydrogen (secondary N) is 1. The van der Waals surface area contributed by atoms with Gasteiger partial charge >= 0.3 is 0 Å². The van der Waals surface area contributed by atoms with Crippen molar-refractivity contribution in [2.75, 3.05) is 11.1 Å². The lowest BCUT2D eigenvalue weighted by molar-refractivity contribution is 0.584. The van der Waals surface area contributed by atoms with E-state index in [1.807, 2.05) is 0 Å². The molecule has 0 fully saturated rings. The van der Waals surface area contributed by atoms with Gasteiger partial charge in [0, 0.05) is 23.1 Å². The molecule has 2 aromatic rings. The van der Waals surface area contributed by atoms with E-state index in [-0.39, 0.29) is 11.4 Å². The van der Waals surface area contributed by atoms with Crippen LogP contribution in [0.25, 0.3) is 0 Å². The molecule has 18 heavy (non-hydrogen) atoms. The average molecular weight is 252 g/mol. The molecule has 0 amide bonds. The quantitative estimate of drug-likeness (QED) is 0.799. The van der Waals surface area contributed by atoms with Crippen LogP contribution in [-0.4, -0.2) is 0 Å². The molecule has 0 aromatic heterocycles. The lowest BCUT2D eigenvalue weighted by atomic mass is 10.1. The van der Waals surface area contributed by atoms with E-state index in [4.69, 9.17) is 5.73 Å². The second-order valence-corrected chi connectivity index (χ2v) is 3.95. The van der Waals surface area contributed by atoms with Crippen molar-refractivity contribution in [2.45, 2.75) is 6.92 Å². The number of hydrogen-bond acceptors (Lipinski definition) is 2. The minimum absolute atomic E-state index is 0.195. The van der Waals surface area contributed by atoms with Gasteiger partial charge in [-0.05, 0) is 36.8 Å². The van der Waals surface area contributed by atoms with E-state index in [1.54, 1.807) is 6.92 Å². The predicted molar refractivity (Wildman–Crippen MR) is 65.2 cm³/mol. The molecule has 0 radical (unpaired) electrons. The third-order valence-corrected chi connectivity index (χ3v) is 2.55. The lowest BCUT2D eigenvalue weighted by Gasteiger charge is -2.12. The zero-order valence-corrected chi connectivity index (χ0v) is 9.60. The molecule has 0 bridgehead atoms. The Bertz CT molecular complexity index is 577. The fourth-order valence-electron chi connectivity index (χ4n) is 1.61. The fraction of sp³-hybridized carbons (Fsp3) is 0.0769. The van der Waals surface area contributed by atoms with E-state index in [9.17, 15) is 13.2 Å². The Balaban J connectivity index is 2.39. The number of hydrogen-bond donors (Lipinski definition) is 2. The molecule has 2 rings (SSSR count). The SMILES string of the molecule is Cc1c(N)cc(F)cc1Nc1cc(F)cc(F)c1. The first-order chi connectivity index (χ1) is 8.45. The van der Waals surface area contributed by atoms with Gasteiger partial charge in [0.25, 0.3) is 0 Å². The van der Waals surface area contributed by atoms with Crippen molar-refractivity contribution in [1.82, 2.24) is 0 Å². The first kappa shape index (κ1) is 12.3. The highest BCUT2D eigenvalue weighted by Crippen LogP contribution is 2.26. The van der Waals surface area contributed by atoms with Gasteiger partial charge in [-0.3, -0.25) is 0 Å². The van der Waals surface area contributed by atoms with Crippen molar-refractivity contribution in [3.05, 3.63) is 53.3 Å². The van der Waals surface area contributed by atoms with Gasteiger partial charge in [0.05, 0.1) is 0 Å². The van der Waals surface area contributed by atoms with Gasteiger partial charge in [-0.2, -0.15) is 0 Å². The largest absolute Gasteiger partial charge is 0.398 e. The second-order valence-electron chi connectivity index (χ2n) is 3.95. The van der Waals surface area contributed by atoms with Crippen LogP contribution >= 0.6 is 0 Å². The normalized spacial score (nSPS) is 10.4. The molecule has 3 N–H and O–H groups in total. The van der Waals surface area contributed by atoms with Crippen molar-refractivity contribution >= 4 is 17.1 Å². The van der Waals surface area contributed by atoms with E-state index in [1.165, 1.54) is 12.1 Å².